The van der Waals surface area contributed by atoms with Crippen LogP contribution in [0.3, 0.4) is 0 Å². The van der Waals surface area contributed by atoms with Crippen LogP contribution in [0.1, 0.15) is 31.1 Å². The number of benzene rings is 2. The second-order valence-electron chi connectivity index (χ2n) is 5.55. The van der Waals surface area contributed by atoms with Crippen molar-refractivity contribution in [1.82, 2.24) is 0 Å². The lowest BCUT2D eigenvalue weighted by Gasteiger charge is -2.38. The largest absolute Gasteiger partial charge is 0.336 e. The molecule has 0 bridgehead atoms. The van der Waals surface area contributed by atoms with Gasteiger partial charge in [0.05, 0.1) is 0 Å². The Kier molecular flexibility index (Phi) is 3.70. The normalized spacial score (nSPS) is 11.1. The average molecular weight is 253 g/mol. The van der Waals surface area contributed by atoms with E-state index in [0.29, 0.717) is 5.56 Å². The zero-order valence-electron chi connectivity index (χ0n) is 11.6. The zero-order valence-corrected chi connectivity index (χ0v) is 11.6. The van der Waals surface area contributed by atoms with Crippen molar-refractivity contribution in [2.45, 2.75) is 26.3 Å². The minimum Gasteiger partial charge on any atom is -0.336 e. The SMILES string of the molecule is CC(C)(C)N(c1ccccc1)c1ccc(C=O)cc1. The fourth-order valence-corrected chi connectivity index (χ4v) is 2.20. The Balaban J connectivity index is 2.46. The first kappa shape index (κ1) is 13.3. The zero-order chi connectivity index (χ0) is 13.9. The van der Waals surface area contributed by atoms with Crippen molar-refractivity contribution >= 4 is 17.7 Å². The van der Waals surface area contributed by atoms with Crippen molar-refractivity contribution in [3.63, 3.8) is 0 Å². The van der Waals surface area contributed by atoms with Gasteiger partial charge in [0.15, 0.2) is 0 Å². The molecule has 2 aromatic carbocycles. The van der Waals surface area contributed by atoms with Crippen molar-refractivity contribution in [3.05, 3.63) is 60.2 Å². The minimum atomic E-state index is -0.0376. The van der Waals surface area contributed by atoms with E-state index < -0.39 is 0 Å². The van der Waals surface area contributed by atoms with Crippen LogP contribution in [0.4, 0.5) is 11.4 Å². The minimum absolute atomic E-state index is 0.0376. The molecule has 0 saturated heterocycles. The van der Waals surface area contributed by atoms with Gasteiger partial charge < -0.3 is 4.90 Å². The van der Waals surface area contributed by atoms with Gasteiger partial charge >= 0.3 is 0 Å². The average Bonchev–Trinajstić information content (AvgIpc) is 2.39. The highest BCUT2D eigenvalue weighted by atomic mass is 16.1. The van der Waals surface area contributed by atoms with Crippen molar-refractivity contribution < 1.29 is 4.79 Å². The highest BCUT2D eigenvalue weighted by Gasteiger charge is 2.23. The fraction of sp³-hybridized carbons (Fsp3) is 0.235. The third-order valence-corrected chi connectivity index (χ3v) is 2.97. The monoisotopic (exact) mass is 253 g/mol. The van der Waals surface area contributed by atoms with E-state index in [-0.39, 0.29) is 5.54 Å². The maximum Gasteiger partial charge on any atom is 0.150 e. The lowest BCUT2D eigenvalue weighted by atomic mass is 10.0. The topological polar surface area (TPSA) is 20.3 Å². The van der Waals surface area contributed by atoms with E-state index in [0.717, 1.165) is 17.7 Å². The number of para-hydroxylation sites is 1. The lowest BCUT2D eigenvalue weighted by Crippen LogP contribution is -2.37. The van der Waals surface area contributed by atoms with E-state index in [9.17, 15) is 4.79 Å². The van der Waals surface area contributed by atoms with E-state index in [2.05, 4.69) is 37.8 Å². The summed E-state index contributed by atoms with van der Waals surface area (Å²) in [7, 11) is 0. The van der Waals surface area contributed by atoms with E-state index in [1.54, 1.807) is 0 Å². The van der Waals surface area contributed by atoms with Gasteiger partial charge in [0.1, 0.15) is 6.29 Å². The van der Waals surface area contributed by atoms with Gasteiger partial charge in [0.25, 0.3) is 0 Å². The quantitative estimate of drug-likeness (QED) is 0.754. The van der Waals surface area contributed by atoms with Gasteiger partial charge in [0.2, 0.25) is 0 Å². The van der Waals surface area contributed by atoms with Crippen LogP contribution in [0, 0.1) is 0 Å². The molecule has 2 nitrogen and oxygen atoms in total. The first-order chi connectivity index (χ1) is 9.02. The van der Waals surface area contributed by atoms with Gasteiger partial charge in [-0.3, -0.25) is 4.79 Å². The molecule has 0 heterocycles. The molecular formula is C17H19NO. The Morgan fingerprint density at radius 1 is 0.842 bits per heavy atom. The summed E-state index contributed by atoms with van der Waals surface area (Å²) >= 11 is 0. The molecule has 19 heavy (non-hydrogen) atoms. The molecule has 0 aliphatic carbocycles. The van der Waals surface area contributed by atoms with Crippen LogP contribution < -0.4 is 4.90 Å². The van der Waals surface area contributed by atoms with Crippen LogP contribution in [-0.2, 0) is 0 Å². The number of carbonyl (C=O) groups is 1. The molecule has 98 valence electrons. The Labute approximate surface area is 114 Å². The number of anilines is 2. The molecule has 0 aromatic heterocycles. The Morgan fingerprint density at radius 3 is 1.84 bits per heavy atom. The van der Waals surface area contributed by atoms with E-state index in [1.165, 1.54) is 0 Å². The van der Waals surface area contributed by atoms with Gasteiger partial charge in [-0.1, -0.05) is 18.2 Å². The molecule has 2 aromatic rings. The Bertz CT molecular complexity index is 538. The molecule has 0 spiro atoms. The summed E-state index contributed by atoms with van der Waals surface area (Å²) in [6, 6.07) is 18.0. The molecule has 2 rings (SSSR count). The van der Waals surface area contributed by atoms with Gasteiger partial charge in [-0.05, 0) is 57.2 Å². The van der Waals surface area contributed by atoms with Crippen LogP contribution in [0.5, 0.6) is 0 Å². The molecule has 0 aliphatic rings. The lowest BCUT2D eigenvalue weighted by molar-refractivity contribution is 0.112. The summed E-state index contributed by atoms with van der Waals surface area (Å²) in [5, 5.41) is 0. The molecule has 0 saturated carbocycles. The first-order valence-electron chi connectivity index (χ1n) is 6.43. The standard InChI is InChI=1S/C17H19NO/c1-17(2,3)18(15-7-5-4-6-8-15)16-11-9-14(13-19)10-12-16/h4-13H,1-3H3. The summed E-state index contributed by atoms with van der Waals surface area (Å²) in [5.41, 5.74) is 2.90. The molecule has 0 unspecified atom stereocenters. The molecule has 0 radical (unpaired) electrons. The van der Waals surface area contributed by atoms with Crippen LogP contribution in [0.25, 0.3) is 0 Å². The number of hydrogen-bond acceptors (Lipinski definition) is 2. The molecule has 2 heteroatoms. The molecule has 0 fully saturated rings. The molecule has 0 amide bonds. The summed E-state index contributed by atoms with van der Waals surface area (Å²) in [4.78, 5) is 13.0. The van der Waals surface area contributed by atoms with Gasteiger partial charge in [-0.2, -0.15) is 0 Å². The number of rotatable bonds is 3. The van der Waals surface area contributed by atoms with E-state index in [4.69, 9.17) is 0 Å². The van der Waals surface area contributed by atoms with Crippen molar-refractivity contribution in [1.29, 1.82) is 0 Å². The van der Waals surface area contributed by atoms with Gasteiger partial charge in [0, 0.05) is 22.5 Å². The number of nitrogens with zero attached hydrogens (tertiary/aromatic N) is 1. The second-order valence-corrected chi connectivity index (χ2v) is 5.55. The summed E-state index contributed by atoms with van der Waals surface area (Å²) in [6.45, 7) is 6.52. The Hall–Kier alpha value is -2.09. The predicted molar refractivity (Wildman–Crippen MR) is 80.2 cm³/mol. The first-order valence-corrected chi connectivity index (χ1v) is 6.43. The van der Waals surface area contributed by atoms with Crippen LogP contribution in [0.2, 0.25) is 0 Å². The van der Waals surface area contributed by atoms with Crippen molar-refractivity contribution in [2.24, 2.45) is 0 Å². The van der Waals surface area contributed by atoms with Gasteiger partial charge in [-0.25, -0.2) is 0 Å². The maximum atomic E-state index is 10.7. The number of carbonyl (C=O) groups excluding carboxylic acids is 1. The second kappa shape index (κ2) is 5.27. The highest BCUT2D eigenvalue weighted by molar-refractivity contribution is 5.76. The highest BCUT2D eigenvalue weighted by Crippen LogP contribution is 2.32. The summed E-state index contributed by atoms with van der Waals surface area (Å²) in [6.07, 6.45) is 0.869. The van der Waals surface area contributed by atoms with Crippen LogP contribution in [-0.4, -0.2) is 11.8 Å². The van der Waals surface area contributed by atoms with E-state index >= 15 is 0 Å². The van der Waals surface area contributed by atoms with Crippen LogP contribution in [0.15, 0.2) is 54.6 Å². The summed E-state index contributed by atoms with van der Waals surface area (Å²) < 4.78 is 0. The fourth-order valence-electron chi connectivity index (χ4n) is 2.20. The Morgan fingerprint density at radius 2 is 1.37 bits per heavy atom. The third kappa shape index (κ3) is 3.02. The van der Waals surface area contributed by atoms with Crippen LogP contribution >= 0.6 is 0 Å². The molecular weight excluding hydrogens is 234 g/mol. The van der Waals surface area contributed by atoms with Crippen molar-refractivity contribution in [3.8, 4) is 0 Å². The van der Waals surface area contributed by atoms with E-state index in [1.807, 2.05) is 42.5 Å². The number of aldehydes is 1. The number of hydrogen-bond donors (Lipinski definition) is 0. The predicted octanol–water partition coefficient (Wildman–Crippen LogP) is 4.44. The molecule has 0 N–H and O–H groups in total. The maximum absolute atomic E-state index is 10.7. The molecule has 0 aliphatic heterocycles. The van der Waals surface area contributed by atoms with Crippen molar-refractivity contribution in [2.75, 3.05) is 4.90 Å². The van der Waals surface area contributed by atoms with Gasteiger partial charge in [-0.15, -0.1) is 0 Å². The molecule has 0 atom stereocenters. The third-order valence-electron chi connectivity index (χ3n) is 2.97. The summed E-state index contributed by atoms with van der Waals surface area (Å²) in [5.74, 6) is 0. The smallest absolute Gasteiger partial charge is 0.150 e.